The molecular weight excluding hydrogens is 270 g/mol. The van der Waals surface area contributed by atoms with Gasteiger partial charge in [-0.1, -0.05) is 18.9 Å². The van der Waals surface area contributed by atoms with Crippen LogP contribution in [0.3, 0.4) is 0 Å². The Morgan fingerprint density at radius 2 is 2.15 bits per heavy atom. The topological polar surface area (TPSA) is 21.3 Å². The third kappa shape index (κ3) is 1.88. The smallest absolute Gasteiger partial charge is 0.119 e. The molecule has 0 aromatic heterocycles. The summed E-state index contributed by atoms with van der Waals surface area (Å²) in [6.45, 7) is 1.19. The van der Waals surface area contributed by atoms with Crippen LogP contribution in [0.2, 0.25) is 0 Å². The molecule has 2 aliphatic carbocycles. The van der Waals surface area contributed by atoms with Crippen LogP contribution in [0.5, 0.6) is 5.75 Å². The number of halogens is 1. The number of piperidine rings is 1. The molecule has 3 atom stereocenters. The van der Waals surface area contributed by atoms with Crippen molar-refractivity contribution >= 4 is 12.4 Å². The summed E-state index contributed by atoms with van der Waals surface area (Å²) in [6.07, 6.45) is 8.15. The van der Waals surface area contributed by atoms with E-state index in [1.807, 2.05) is 0 Å². The average molecular weight is 294 g/mol. The molecule has 20 heavy (non-hydrogen) atoms. The highest BCUT2D eigenvalue weighted by Gasteiger charge is 2.51. The average Bonchev–Trinajstić information content (AvgIpc) is 2.47. The van der Waals surface area contributed by atoms with Crippen molar-refractivity contribution < 1.29 is 4.74 Å². The van der Waals surface area contributed by atoms with Crippen LogP contribution in [-0.4, -0.2) is 19.7 Å². The van der Waals surface area contributed by atoms with Crippen LogP contribution in [0.25, 0.3) is 0 Å². The lowest BCUT2D eigenvalue weighted by Gasteiger charge is -2.56. The van der Waals surface area contributed by atoms with Gasteiger partial charge in [-0.15, -0.1) is 12.4 Å². The van der Waals surface area contributed by atoms with Crippen LogP contribution in [0.1, 0.15) is 43.2 Å². The SMILES string of the molecule is COc1ccc2c(c1)C13CCCCC1C(C2)NCC3.Cl. The van der Waals surface area contributed by atoms with Crippen LogP contribution in [0, 0.1) is 5.92 Å². The number of methoxy groups -OCH3 is 1. The fraction of sp³-hybridized carbons (Fsp3) is 0.647. The van der Waals surface area contributed by atoms with E-state index in [-0.39, 0.29) is 12.4 Å². The molecule has 1 aliphatic heterocycles. The van der Waals surface area contributed by atoms with Gasteiger partial charge in [-0.25, -0.2) is 0 Å². The second-order valence-corrected chi connectivity index (χ2v) is 6.55. The normalized spacial score (nSPS) is 34.5. The molecule has 3 heteroatoms. The van der Waals surface area contributed by atoms with E-state index in [1.165, 1.54) is 45.1 Å². The van der Waals surface area contributed by atoms with Gasteiger partial charge in [-0.05, 0) is 61.4 Å². The Balaban J connectivity index is 0.00000121. The maximum Gasteiger partial charge on any atom is 0.119 e. The summed E-state index contributed by atoms with van der Waals surface area (Å²) in [5.41, 5.74) is 3.64. The number of ether oxygens (including phenoxy) is 1. The summed E-state index contributed by atoms with van der Waals surface area (Å²) in [7, 11) is 1.78. The van der Waals surface area contributed by atoms with E-state index in [0.717, 1.165) is 17.7 Å². The number of hydrogen-bond acceptors (Lipinski definition) is 2. The second-order valence-electron chi connectivity index (χ2n) is 6.55. The van der Waals surface area contributed by atoms with Gasteiger partial charge in [-0.3, -0.25) is 0 Å². The fourth-order valence-electron chi connectivity index (χ4n) is 5.03. The van der Waals surface area contributed by atoms with Crippen LogP contribution < -0.4 is 10.1 Å². The highest BCUT2D eigenvalue weighted by atomic mass is 35.5. The molecule has 4 rings (SSSR count). The van der Waals surface area contributed by atoms with Gasteiger partial charge >= 0.3 is 0 Å². The number of benzene rings is 1. The minimum Gasteiger partial charge on any atom is -0.497 e. The molecular formula is C17H24ClNO. The van der Waals surface area contributed by atoms with Crippen LogP contribution in [-0.2, 0) is 11.8 Å². The second kappa shape index (κ2) is 5.23. The van der Waals surface area contributed by atoms with E-state index in [4.69, 9.17) is 4.74 Å². The number of fused-ring (bicyclic) bond motifs is 1. The molecule has 2 fully saturated rings. The Kier molecular flexibility index (Phi) is 3.72. The molecule has 1 N–H and O–H groups in total. The number of rotatable bonds is 1. The Bertz CT molecular complexity index is 500. The quantitative estimate of drug-likeness (QED) is 0.856. The molecule has 1 heterocycles. The van der Waals surface area contributed by atoms with E-state index in [9.17, 15) is 0 Å². The van der Waals surface area contributed by atoms with E-state index in [0.29, 0.717) is 5.41 Å². The molecule has 2 bridgehead atoms. The van der Waals surface area contributed by atoms with Crippen molar-refractivity contribution in [3.05, 3.63) is 29.3 Å². The lowest BCUT2D eigenvalue weighted by atomic mass is 9.53. The minimum atomic E-state index is 0. The van der Waals surface area contributed by atoms with E-state index < -0.39 is 0 Å². The highest BCUT2D eigenvalue weighted by Crippen LogP contribution is 2.54. The molecule has 110 valence electrons. The zero-order valence-electron chi connectivity index (χ0n) is 12.2. The molecule has 3 aliphatic rings. The Labute approximate surface area is 127 Å². The molecule has 1 saturated carbocycles. The summed E-state index contributed by atoms with van der Waals surface area (Å²) in [5, 5.41) is 3.78. The number of nitrogens with one attached hydrogen (secondary N) is 1. The predicted octanol–water partition coefficient (Wildman–Crippen LogP) is 3.46. The molecule has 1 aromatic carbocycles. The van der Waals surface area contributed by atoms with Gasteiger partial charge in [0, 0.05) is 11.5 Å². The monoisotopic (exact) mass is 293 g/mol. The maximum absolute atomic E-state index is 5.48. The zero-order chi connectivity index (χ0) is 12.9. The third-order valence-electron chi connectivity index (χ3n) is 5.85. The first-order valence-electron chi connectivity index (χ1n) is 7.74. The fourth-order valence-corrected chi connectivity index (χ4v) is 5.03. The van der Waals surface area contributed by atoms with Gasteiger partial charge in [0.25, 0.3) is 0 Å². The van der Waals surface area contributed by atoms with Crippen molar-refractivity contribution in [3.8, 4) is 5.75 Å². The van der Waals surface area contributed by atoms with Crippen molar-refractivity contribution in [1.29, 1.82) is 0 Å². The lowest BCUT2D eigenvalue weighted by Crippen LogP contribution is -2.59. The van der Waals surface area contributed by atoms with Gasteiger partial charge in [0.15, 0.2) is 0 Å². The van der Waals surface area contributed by atoms with Crippen molar-refractivity contribution in [2.24, 2.45) is 5.92 Å². The maximum atomic E-state index is 5.48. The van der Waals surface area contributed by atoms with E-state index in [2.05, 4.69) is 23.5 Å². The van der Waals surface area contributed by atoms with Gasteiger partial charge in [-0.2, -0.15) is 0 Å². The van der Waals surface area contributed by atoms with Crippen LogP contribution in [0.15, 0.2) is 18.2 Å². The first-order valence-corrected chi connectivity index (χ1v) is 7.74. The van der Waals surface area contributed by atoms with Crippen LogP contribution >= 0.6 is 12.4 Å². The van der Waals surface area contributed by atoms with Crippen molar-refractivity contribution in [3.63, 3.8) is 0 Å². The van der Waals surface area contributed by atoms with Gasteiger partial charge in [0.1, 0.15) is 5.75 Å². The summed E-state index contributed by atoms with van der Waals surface area (Å²) in [4.78, 5) is 0. The zero-order valence-corrected chi connectivity index (χ0v) is 13.0. The lowest BCUT2D eigenvalue weighted by molar-refractivity contribution is 0.0795. The minimum absolute atomic E-state index is 0. The standard InChI is InChI=1S/C17H23NO.ClH/c1-19-13-6-5-12-10-16-14-4-2-3-7-17(14,8-9-18-16)15(12)11-13;/h5-6,11,14,16,18H,2-4,7-10H2,1H3;1H. The molecule has 1 saturated heterocycles. The molecule has 0 amide bonds. The van der Waals surface area contributed by atoms with Crippen LogP contribution in [0.4, 0.5) is 0 Å². The summed E-state index contributed by atoms with van der Waals surface area (Å²) in [6, 6.07) is 7.50. The van der Waals surface area contributed by atoms with Gasteiger partial charge < -0.3 is 10.1 Å². The largest absolute Gasteiger partial charge is 0.497 e. The molecule has 2 nitrogen and oxygen atoms in total. The molecule has 3 unspecified atom stereocenters. The van der Waals surface area contributed by atoms with Crippen molar-refractivity contribution in [2.75, 3.05) is 13.7 Å². The van der Waals surface area contributed by atoms with Crippen molar-refractivity contribution in [2.45, 2.75) is 50.0 Å². The molecule has 0 radical (unpaired) electrons. The molecule has 0 spiro atoms. The number of hydrogen-bond donors (Lipinski definition) is 1. The predicted molar refractivity (Wildman–Crippen MR) is 84.0 cm³/mol. The summed E-state index contributed by atoms with van der Waals surface area (Å²) < 4.78 is 5.48. The molecule has 1 aromatic rings. The van der Waals surface area contributed by atoms with Crippen molar-refractivity contribution in [1.82, 2.24) is 5.32 Å². The Morgan fingerprint density at radius 1 is 1.25 bits per heavy atom. The van der Waals surface area contributed by atoms with Gasteiger partial charge in [0.05, 0.1) is 7.11 Å². The highest BCUT2D eigenvalue weighted by molar-refractivity contribution is 5.85. The van der Waals surface area contributed by atoms with E-state index in [1.54, 1.807) is 18.2 Å². The Hall–Kier alpha value is -0.730. The first kappa shape index (κ1) is 14.2. The summed E-state index contributed by atoms with van der Waals surface area (Å²) >= 11 is 0. The first-order chi connectivity index (χ1) is 9.33. The third-order valence-corrected chi connectivity index (χ3v) is 5.85. The van der Waals surface area contributed by atoms with E-state index >= 15 is 0 Å². The van der Waals surface area contributed by atoms with Gasteiger partial charge in [0.2, 0.25) is 0 Å². The Morgan fingerprint density at radius 3 is 3.00 bits per heavy atom. The summed E-state index contributed by atoms with van der Waals surface area (Å²) in [5.74, 6) is 1.89.